The number of halogens is 1. The molecular weight excluding hydrogens is 254 g/mol. The standard InChI is InChI=1S/C13H16ClNO3/c1-15(10-4-6-18-7-5-10)12-8-9(14)2-3-11(12)13(16)17/h2-3,8,10H,4-7H2,1H3,(H,16,17). The molecule has 1 N–H and O–H groups in total. The number of rotatable bonds is 3. The summed E-state index contributed by atoms with van der Waals surface area (Å²) < 4.78 is 5.32. The predicted molar refractivity (Wildman–Crippen MR) is 70.7 cm³/mol. The maximum absolute atomic E-state index is 11.2. The van der Waals surface area contributed by atoms with Gasteiger partial charge in [-0.1, -0.05) is 11.6 Å². The summed E-state index contributed by atoms with van der Waals surface area (Å²) in [7, 11) is 1.91. The number of nitrogens with zero attached hydrogens (tertiary/aromatic N) is 1. The van der Waals surface area contributed by atoms with Crippen LogP contribution in [0.4, 0.5) is 5.69 Å². The second-order valence-electron chi connectivity index (χ2n) is 4.42. The molecule has 0 radical (unpaired) electrons. The molecule has 1 aromatic carbocycles. The van der Waals surface area contributed by atoms with Crippen molar-refractivity contribution >= 4 is 23.3 Å². The van der Waals surface area contributed by atoms with E-state index >= 15 is 0 Å². The summed E-state index contributed by atoms with van der Waals surface area (Å²) in [5.74, 6) is -0.930. The lowest BCUT2D eigenvalue weighted by Gasteiger charge is -2.33. The van der Waals surface area contributed by atoms with Crippen molar-refractivity contribution in [3.63, 3.8) is 0 Å². The fourth-order valence-electron chi connectivity index (χ4n) is 2.25. The van der Waals surface area contributed by atoms with Gasteiger partial charge < -0.3 is 14.7 Å². The zero-order valence-corrected chi connectivity index (χ0v) is 11.0. The van der Waals surface area contributed by atoms with Crippen molar-refractivity contribution in [2.24, 2.45) is 0 Å². The minimum absolute atomic E-state index is 0.286. The van der Waals surface area contributed by atoms with Crippen LogP contribution in [0.1, 0.15) is 23.2 Å². The number of anilines is 1. The highest BCUT2D eigenvalue weighted by Gasteiger charge is 2.22. The summed E-state index contributed by atoms with van der Waals surface area (Å²) in [6, 6.07) is 5.16. The topological polar surface area (TPSA) is 49.8 Å². The van der Waals surface area contributed by atoms with Crippen LogP contribution < -0.4 is 4.90 Å². The number of benzene rings is 1. The van der Waals surface area contributed by atoms with Crippen molar-refractivity contribution in [2.45, 2.75) is 18.9 Å². The van der Waals surface area contributed by atoms with Crippen molar-refractivity contribution in [3.8, 4) is 0 Å². The Labute approximate surface area is 111 Å². The lowest BCUT2D eigenvalue weighted by Crippen LogP contribution is -2.37. The van der Waals surface area contributed by atoms with E-state index in [-0.39, 0.29) is 5.56 Å². The van der Waals surface area contributed by atoms with Crippen LogP contribution in [0, 0.1) is 0 Å². The molecule has 0 atom stereocenters. The molecule has 0 aromatic heterocycles. The lowest BCUT2D eigenvalue weighted by molar-refractivity contribution is 0.0696. The Bertz CT molecular complexity index is 444. The van der Waals surface area contributed by atoms with E-state index in [2.05, 4.69) is 0 Å². The molecule has 0 saturated carbocycles. The number of carboxylic acids is 1. The zero-order valence-electron chi connectivity index (χ0n) is 10.2. The van der Waals surface area contributed by atoms with Crippen LogP contribution in [0.2, 0.25) is 5.02 Å². The van der Waals surface area contributed by atoms with Crippen molar-refractivity contribution in [2.75, 3.05) is 25.2 Å². The number of hydrogen-bond acceptors (Lipinski definition) is 3. The van der Waals surface area contributed by atoms with Gasteiger partial charge in [0.15, 0.2) is 0 Å². The van der Waals surface area contributed by atoms with Gasteiger partial charge in [-0.25, -0.2) is 4.79 Å². The molecule has 1 aromatic rings. The van der Waals surface area contributed by atoms with Gasteiger partial charge in [0.05, 0.1) is 11.3 Å². The molecule has 2 rings (SSSR count). The van der Waals surface area contributed by atoms with Crippen LogP contribution in [-0.2, 0) is 4.74 Å². The van der Waals surface area contributed by atoms with Crippen molar-refractivity contribution in [3.05, 3.63) is 28.8 Å². The molecule has 1 fully saturated rings. The monoisotopic (exact) mass is 269 g/mol. The maximum atomic E-state index is 11.2. The molecule has 5 heteroatoms. The smallest absolute Gasteiger partial charge is 0.337 e. The number of aromatic carboxylic acids is 1. The summed E-state index contributed by atoms with van der Waals surface area (Å²) in [6.07, 6.45) is 1.81. The van der Waals surface area contributed by atoms with E-state index in [0.29, 0.717) is 16.8 Å². The molecule has 4 nitrogen and oxygen atoms in total. The van der Waals surface area contributed by atoms with Gasteiger partial charge in [0.1, 0.15) is 0 Å². The third kappa shape index (κ3) is 2.76. The van der Waals surface area contributed by atoms with E-state index < -0.39 is 5.97 Å². The van der Waals surface area contributed by atoms with E-state index in [1.165, 1.54) is 0 Å². The van der Waals surface area contributed by atoms with E-state index in [1.54, 1.807) is 18.2 Å². The van der Waals surface area contributed by atoms with Crippen LogP contribution in [0.25, 0.3) is 0 Å². The molecule has 0 unspecified atom stereocenters. The molecule has 1 aliphatic heterocycles. The average Bonchev–Trinajstić information content (AvgIpc) is 2.38. The van der Waals surface area contributed by atoms with Gasteiger partial charge in [0.25, 0.3) is 0 Å². The van der Waals surface area contributed by atoms with E-state index in [0.717, 1.165) is 26.1 Å². The Hall–Kier alpha value is -1.26. The maximum Gasteiger partial charge on any atom is 0.337 e. The quantitative estimate of drug-likeness (QED) is 0.917. The Morgan fingerprint density at radius 1 is 1.44 bits per heavy atom. The predicted octanol–water partition coefficient (Wildman–Crippen LogP) is 2.65. The third-order valence-electron chi connectivity index (χ3n) is 3.31. The highest BCUT2D eigenvalue weighted by Crippen LogP contribution is 2.28. The Balaban J connectivity index is 2.30. The fourth-order valence-corrected chi connectivity index (χ4v) is 2.41. The molecule has 0 aliphatic carbocycles. The minimum atomic E-state index is -0.930. The normalized spacial score (nSPS) is 16.6. The second-order valence-corrected chi connectivity index (χ2v) is 4.86. The lowest BCUT2D eigenvalue weighted by atomic mass is 10.0. The zero-order chi connectivity index (χ0) is 13.1. The summed E-state index contributed by atoms with van der Waals surface area (Å²) in [5.41, 5.74) is 0.954. The summed E-state index contributed by atoms with van der Waals surface area (Å²) in [4.78, 5) is 13.2. The first-order valence-corrected chi connectivity index (χ1v) is 6.31. The van der Waals surface area contributed by atoms with Gasteiger partial charge in [0.2, 0.25) is 0 Å². The van der Waals surface area contributed by atoms with Crippen molar-refractivity contribution < 1.29 is 14.6 Å². The second kappa shape index (κ2) is 5.59. The van der Waals surface area contributed by atoms with E-state index in [4.69, 9.17) is 16.3 Å². The Kier molecular flexibility index (Phi) is 4.09. The van der Waals surface area contributed by atoms with Gasteiger partial charge >= 0.3 is 5.97 Å². The van der Waals surface area contributed by atoms with Crippen LogP contribution in [0.3, 0.4) is 0 Å². The molecule has 0 spiro atoms. The highest BCUT2D eigenvalue weighted by molar-refractivity contribution is 6.31. The van der Waals surface area contributed by atoms with Crippen LogP contribution >= 0.6 is 11.6 Å². The Morgan fingerprint density at radius 3 is 2.72 bits per heavy atom. The molecule has 98 valence electrons. The summed E-state index contributed by atoms with van der Waals surface area (Å²) in [6.45, 7) is 1.44. The van der Waals surface area contributed by atoms with E-state index in [9.17, 15) is 9.90 Å². The molecule has 0 bridgehead atoms. The van der Waals surface area contributed by atoms with Gasteiger partial charge in [-0.15, -0.1) is 0 Å². The number of ether oxygens (including phenoxy) is 1. The number of hydrogen-bond donors (Lipinski definition) is 1. The number of carboxylic acid groups (broad SMARTS) is 1. The molecule has 18 heavy (non-hydrogen) atoms. The highest BCUT2D eigenvalue weighted by atomic mass is 35.5. The molecule has 1 saturated heterocycles. The summed E-state index contributed by atoms with van der Waals surface area (Å²) in [5, 5.41) is 9.76. The van der Waals surface area contributed by atoms with Crippen LogP contribution in [-0.4, -0.2) is 37.4 Å². The minimum Gasteiger partial charge on any atom is -0.478 e. The molecular formula is C13H16ClNO3. The van der Waals surface area contributed by atoms with Gasteiger partial charge in [-0.3, -0.25) is 0 Å². The SMILES string of the molecule is CN(c1cc(Cl)ccc1C(=O)O)C1CCOCC1. The van der Waals surface area contributed by atoms with Crippen LogP contribution in [0.15, 0.2) is 18.2 Å². The van der Waals surface area contributed by atoms with Gasteiger partial charge in [0, 0.05) is 31.3 Å². The molecule has 0 amide bonds. The van der Waals surface area contributed by atoms with Gasteiger partial charge in [-0.2, -0.15) is 0 Å². The van der Waals surface area contributed by atoms with Gasteiger partial charge in [-0.05, 0) is 31.0 Å². The van der Waals surface area contributed by atoms with Crippen LogP contribution in [0.5, 0.6) is 0 Å². The van der Waals surface area contributed by atoms with Crippen molar-refractivity contribution in [1.29, 1.82) is 0 Å². The third-order valence-corrected chi connectivity index (χ3v) is 3.54. The largest absolute Gasteiger partial charge is 0.478 e. The molecule has 1 aliphatic rings. The first kappa shape index (κ1) is 13.2. The van der Waals surface area contributed by atoms with E-state index in [1.807, 2.05) is 11.9 Å². The fraction of sp³-hybridized carbons (Fsp3) is 0.462. The first-order valence-electron chi connectivity index (χ1n) is 5.93. The average molecular weight is 270 g/mol. The summed E-state index contributed by atoms with van der Waals surface area (Å²) >= 11 is 5.96. The first-order chi connectivity index (χ1) is 8.59. The Morgan fingerprint density at radius 2 is 2.11 bits per heavy atom. The number of carbonyl (C=O) groups is 1. The van der Waals surface area contributed by atoms with Crippen molar-refractivity contribution in [1.82, 2.24) is 0 Å². The molecule has 1 heterocycles.